The van der Waals surface area contributed by atoms with E-state index < -0.39 is 5.97 Å². The predicted molar refractivity (Wildman–Crippen MR) is 74.2 cm³/mol. The summed E-state index contributed by atoms with van der Waals surface area (Å²) in [5.41, 5.74) is 2.14. The fraction of sp³-hybridized carbons (Fsp3) is 0. The van der Waals surface area contributed by atoms with Crippen molar-refractivity contribution >= 4 is 37.8 Å². The molecular formula is C13H8Br2O2. The fourth-order valence-electron chi connectivity index (χ4n) is 1.55. The molecular weight excluding hydrogens is 348 g/mol. The molecule has 0 fully saturated rings. The quantitative estimate of drug-likeness (QED) is 0.856. The molecule has 0 spiro atoms. The van der Waals surface area contributed by atoms with Gasteiger partial charge in [0.05, 0.1) is 5.56 Å². The summed E-state index contributed by atoms with van der Waals surface area (Å²) in [4.78, 5) is 10.9. The summed E-state index contributed by atoms with van der Waals surface area (Å²) in [6.45, 7) is 0. The Bertz CT molecular complexity index is 559. The Morgan fingerprint density at radius 3 is 2.18 bits per heavy atom. The average molecular weight is 356 g/mol. The number of carboxylic acid groups (broad SMARTS) is 1. The molecule has 2 rings (SSSR count). The molecule has 0 aliphatic carbocycles. The number of hydrogen-bond acceptors (Lipinski definition) is 1. The summed E-state index contributed by atoms with van der Waals surface area (Å²) in [6.07, 6.45) is 0. The third kappa shape index (κ3) is 2.96. The maximum absolute atomic E-state index is 10.9. The molecule has 1 N–H and O–H groups in total. The molecule has 0 aromatic heterocycles. The number of halogens is 2. The maximum Gasteiger partial charge on any atom is 0.335 e. The van der Waals surface area contributed by atoms with Crippen LogP contribution in [0.4, 0.5) is 0 Å². The lowest BCUT2D eigenvalue weighted by atomic mass is 10.0. The van der Waals surface area contributed by atoms with E-state index in [1.165, 1.54) is 0 Å². The standard InChI is InChI=1S/C13H8Br2O2/c14-11-5-10(6-12(15)7-11)8-2-1-3-9(4-8)13(16)17/h1-7H,(H,16,17). The zero-order valence-corrected chi connectivity index (χ0v) is 11.8. The Balaban J connectivity index is 2.52. The van der Waals surface area contributed by atoms with Gasteiger partial charge in [-0.05, 0) is 41.5 Å². The first-order valence-electron chi connectivity index (χ1n) is 4.86. The van der Waals surface area contributed by atoms with E-state index in [2.05, 4.69) is 31.9 Å². The largest absolute Gasteiger partial charge is 0.478 e. The summed E-state index contributed by atoms with van der Waals surface area (Å²) in [7, 11) is 0. The van der Waals surface area contributed by atoms with Crippen molar-refractivity contribution in [1.29, 1.82) is 0 Å². The highest BCUT2D eigenvalue weighted by Crippen LogP contribution is 2.28. The number of benzene rings is 2. The Hall–Kier alpha value is -1.13. The molecule has 0 saturated carbocycles. The zero-order chi connectivity index (χ0) is 12.4. The normalized spacial score (nSPS) is 10.2. The molecule has 2 aromatic carbocycles. The van der Waals surface area contributed by atoms with Gasteiger partial charge < -0.3 is 5.11 Å². The predicted octanol–water partition coefficient (Wildman–Crippen LogP) is 4.58. The van der Waals surface area contributed by atoms with Gasteiger partial charge in [0.2, 0.25) is 0 Å². The Morgan fingerprint density at radius 2 is 1.59 bits per heavy atom. The second-order valence-electron chi connectivity index (χ2n) is 3.54. The summed E-state index contributed by atoms with van der Waals surface area (Å²) < 4.78 is 1.89. The van der Waals surface area contributed by atoms with Crippen LogP contribution in [0.5, 0.6) is 0 Å². The molecule has 0 amide bonds. The highest BCUT2D eigenvalue weighted by atomic mass is 79.9. The van der Waals surface area contributed by atoms with Gasteiger partial charge in [0, 0.05) is 8.95 Å². The van der Waals surface area contributed by atoms with Crippen LogP contribution in [0.1, 0.15) is 10.4 Å². The van der Waals surface area contributed by atoms with Crippen LogP contribution in [0, 0.1) is 0 Å². The van der Waals surface area contributed by atoms with Crippen molar-refractivity contribution in [2.45, 2.75) is 0 Å². The maximum atomic E-state index is 10.9. The molecule has 0 heterocycles. The van der Waals surface area contributed by atoms with Crippen LogP contribution in [0.2, 0.25) is 0 Å². The molecule has 0 aliphatic heterocycles. The molecule has 0 atom stereocenters. The molecule has 4 heteroatoms. The van der Waals surface area contributed by atoms with Gasteiger partial charge in [-0.15, -0.1) is 0 Å². The van der Waals surface area contributed by atoms with Crippen molar-refractivity contribution in [3.63, 3.8) is 0 Å². The minimum atomic E-state index is -0.916. The van der Waals surface area contributed by atoms with Crippen LogP contribution in [0.3, 0.4) is 0 Å². The SMILES string of the molecule is O=C(O)c1cccc(-c2cc(Br)cc(Br)c2)c1. The van der Waals surface area contributed by atoms with Gasteiger partial charge >= 0.3 is 5.97 Å². The highest BCUT2D eigenvalue weighted by molar-refractivity contribution is 9.11. The second-order valence-corrected chi connectivity index (χ2v) is 5.38. The van der Waals surface area contributed by atoms with E-state index in [-0.39, 0.29) is 0 Å². The van der Waals surface area contributed by atoms with Crippen LogP contribution in [-0.4, -0.2) is 11.1 Å². The fourth-order valence-corrected chi connectivity index (χ4v) is 2.85. The van der Waals surface area contributed by atoms with E-state index in [0.717, 1.165) is 20.1 Å². The molecule has 86 valence electrons. The summed E-state index contributed by atoms with van der Waals surface area (Å²) in [5.74, 6) is -0.916. The topological polar surface area (TPSA) is 37.3 Å². The number of aromatic carboxylic acids is 1. The van der Waals surface area contributed by atoms with E-state index in [1.54, 1.807) is 18.2 Å². The first kappa shape index (κ1) is 12.3. The minimum Gasteiger partial charge on any atom is -0.478 e. The van der Waals surface area contributed by atoms with Crippen LogP contribution >= 0.6 is 31.9 Å². The zero-order valence-electron chi connectivity index (χ0n) is 8.65. The minimum absolute atomic E-state index is 0.290. The van der Waals surface area contributed by atoms with Gasteiger partial charge in [0.15, 0.2) is 0 Å². The van der Waals surface area contributed by atoms with Gasteiger partial charge in [-0.3, -0.25) is 0 Å². The monoisotopic (exact) mass is 354 g/mol. The molecule has 0 bridgehead atoms. The lowest BCUT2D eigenvalue weighted by Crippen LogP contribution is -1.95. The van der Waals surface area contributed by atoms with Crippen molar-refractivity contribution < 1.29 is 9.90 Å². The summed E-state index contributed by atoms with van der Waals surface area (Å²) >= 11 is 6.82. The number of carboxylic acids is 1. The second kappa shape index (κ2) is 5.02. The molecule has 0 unspecified atom stereocenters. The van der Waals surface area contributed by atoms with E-state index in [9.17, 15) is 4.79 Å². The molecule has 0 aliphatic rings. The molecule has 2 aromatic rings. The van der Waals surface area contributed by atoms with Crippen molar-refractivity contribution in [2.24, 2.45) is 0 Å². The number of hydrogen-bond donors (Lipinski definition) is 1. The lowest BCUT2D eigenvalue weighted by molar-refractivity contribution is 0.0697. The Morgan fingerprint density at radius 1 is 0.941 bits per heavy atom. The van der Waals surface area contributed by atoms with E-state index in [0.29, 0.717) is 5.56 Å². The highest BCUT2D eigenvalue weighted by Gasteiger charge is 2.05. The van der Waals surface area contributed by atoms with Gasteiger partial charge in [-0.2, -0.15) is 0 Å². The van der Waals surface area contributed by atoms with Gasteiger partial charge in [0.25, 0.3) is 0 Å². The van der Waals surface area contributed by atoms with Crippen LogP contribution in [0.25, 0.3) is 11.1 Å². The van der Waals surface area contributed by atoms with E-state index in [4.69, 9.17) is 5.11 Å². The van der Waals surface area contributed by atoms with Crippen LogP contribution in [-0.2, 0) is 0 Å². The smallest absolute Gasteiger partial charge is 0.335 e. The molecule has 17 heavy (non-hydrogen) atoms. The summed E-state index contributed by atoms with van der Waals surface area (Å²) in [5, 5.41) is 8.95. The number of carbonyl (C=O) groups is 1. The first-order chi connectivity index (χ1) is 8.06. The third-order valence-electron chi connectivity index (χ3n) is 2.31. The van der Waals surface area contributed by atoms with Crippen LogP contribution < -0.4 is 0 Å². The Labute approximate surface area is 116 Å². The summed E-state index contributed by atoms with van der Waals surface area (Å²) in [6, 6.07) is 12.7. The third-order valence-corrected chi connectivity index (χ3v) is 3.22. The van der Waals surface area contributed by atoms with E-state index >= 15 is 0 Å². The first-order valence-corrected chi connectivity index (χ1v) is 6.45. The Kier molecular flexibility index (Phi) is 3.64. The van der Waals surface area contributed by atoms with Crippen LogP contribution in [0.15, 0.2) is 51.4 Å². The van der Waals surface area contributed by atoms with Crippen molar-refractivity contribution in [3.8, 4) is 11.1 Å². The molecule has 2 nitrogen and oxygen atoms in total. The van der Waals surface area contributed by atoms with Gasteiger partial charge in [-0.1, -0.05) is 44.0 Å². The van der Waals surface area contributed by atoms with Gasteiger partial charge in [-0.25, -0.2) is 4.79 Å². The van der Waals surface area contributed by atoms with Gasteiger partial charge in [0.1, 0.15) is 0 Å². The van der Waals surface area contributed by atoms with Crippen molar-refractivity contribution in [1.82, 2.24) is 0 Å². The number of rotatable bonds is 2. The molecule has 0 radical (unpaired) electrons. The lowest BCUT2D eigenvalue weighted by Gasteiger charge is -2.05. The van der Waals surface area contributed by atoms with Crippen molar-refractivity contribution in [2.75, 3.05) is 0 Å². The van der Waals surface area contributed by atoms with E-state index in [1.807, 2.05) is 24.3 Å². The van der Waals surface area contributed by atoms with Crippen molar-refractivity contribution in [3.05, 3.63) is 57.0 Å². The average Bonchev–Trinajstić information content (AvgIpc) is 2.28. The molecule has 0 saturated heterocycles.